The Morgan fingerprint density at radius 3 is 2.73 bits per heavy atom. The van der Waals surface area contributed by atoms with E-state index >= 15 is 0 Å². The maximum Gasteiger partial charge on any atom is 0.321 e. The van der Waals surface area contributed by atoms with Crippen LogP contribution in [0.5, 0.6) is 0 Å². The molecule has 1 saturated carbocycles. The largest absolute Gasteiger partial charge is 0.480 e. The van der Waals surface area contributed by atoms with Crippen LogP contribution in [0.1, 0.15) is 26.2 Å². The lowest BCUT2D eigenvalue weighted by molar-refractivity contribution is -0.144. The van der Waals surface area contributed by atoms with Crippen molar-refractivity contribution in [3.8, 4) is 0 Å². The molecule has 4 heteroatoms. The van der Waals surface area contributed by atoms with Crippen molar-refractivity contribution in [2.24, 2.45) is 5.92 Å². The second kappa shape index (κ2) is 4.74. The Balaban J connectivity index is 1.97. The molecule has 0 radical (unpaired) electrons. The molecule has 2 aliphatic rings. The predicted molar refractivity (Wildman–Crippen MR) is 62.3 cm³/mol. The van der Waals surface area contributed by atoms with Gasteiger partial charge in [-0.25, -0.2) is 0 Å². The third-order valence-electron chi connectivity index (χ3n) is 3.32. The van der Waals surface area contributed by atoms with Crippen molar-refractivity contribution >= 4 is 17.7 Å². The van der Waals surface area contributed by atoms with Crippen LogP contribution in [0.15, 0.2) is 0 Å². The van der Waals surface area contributed by atoms with Crippen LogP contribution in [0, 0.1) is 5.92 Å². The Kier molecular flexibility index (Phi) is 3.57. The van der Waals surface area contributed by atoms with Crippen molar-refractivity contribution in [3.63, 3.8) is 0 Å². The zero-order chi connectivity index (χ0) is 10.8. The molecule has 2 fully saturated rings. The normalized spacial score (nSPS) is 30.9. The van der Waals surface area contributed by atoms with Gasteiger partial charge in [0.1, 0.15) is 6.04 Å². The fourth-order valence-electron chi connectivity index (χ4n) is 2.26. The zero-order valence-electron chi connectivity index (χ0n) is 9.19. The number of hydrogen-bond donors (Lipinski definition) is 1. The molecule has 0 aromatic heterocycles. The van der Waals surface area contributed by atoms with Crippen LogP contribution in [-0.4, -0.2) is 46.1 Å². The van der Waals surface area contributed by atoms with Crippen LogP contribution in [0.4, 0.5) is 0 Å². The fourth-order valence-corrected chi connectivity index (χ4v) is 3.27. The summed E-state index contributed by atoms with van der Waals surface area (Å²) >= 11 is 1.97. The average molecular weight is 229 g/mol. The van der Waals surface area contributed by atoms with E-state index in [1.807, 2.05) is 11.8 Å². The summed E-state index contributed by atoms with van der Waals surface area (Å²) in [5, 5.41) is 9.93. The molecule has 1 aliphatic carbocycles. The van der Waals surface area contributed by atoms with E-state index in [4.69, 9.17) is 0 Å². The molecular formula is C11H19NO2S. The van der Waals surface area contributed by atoms with Crippen LogP contribution < -0.4 is 0 Å². The molecule has 0 amide bonds. The van der Waals surface area contributed by atoms with Gasteiger partial charge in [0.2, 0.25) is 0 Å². The molecule has 0 aromatic carbocycles. The lowest BCUT2D eigenvalue weighted by Crippen LogP contribution is -2.44. The summed E-state index contributed by atoms with van der Waals surface area (Å²) in [6.45, 7) is 4.14. The minimum atomic E-state index is -0.614. The first-order valence-corrected chi connectivity index (χ1v) is 6.82. The van der Waals surface area contributed by atoms with Gasteiger partial charge in [-0.1, -0.05) is 6.92 Å². The summed E-state index contributed by atoms with van der Waals surface area (Å²) in [5.41, 5.74) is 0. The maximum atomic E-state index is 11.2. The SMILES string of the molecule is CC1CCN(C(C(=O)O)C2CC2)CCS1. The van der Waals surface area contributed by atoms with Gasteiger partial charge in [0.15, 0.2) is 0 Å². The van der Waals surface area contributed by atoms with E-state index in [1.165, 1.54) is 0 Å². The lowest BCUT2D eigenvalue weighted by atomic mass is 10.1. The summed E-state index contributed by atoms with van der Waals surface area (Å²) in [4.78, 5) is 13.4. The molecule has 1 heterocycles. The van der Waals surface area contributed by atoms with Crippen molar-refractivity contribution in [1.82, 2.24) is 4.90 Å². The smallest absolute Gasteiger partial charge is 0.321 e. The summed E-state index contributed by atoms with van der Waals surface area (Å²) < 4.78 is 0. The van der Waals surface area contributed by atoms with Gasteiger partial charge in [-0.3, -0.25) is 9.69 Å². The minimum Gasteiger partial charge on any atom is -0.480 e. The van der Waals surface area contributed by atoms with Gasteiger partial charge >= 0.3 is 5.97 Å². The Bertz CT molecular complexity index is 243. The van der Waals surface area contributed by atoms with E-state index < -0.39 is 5.97 Å². The Morgan fingerprint density at radius 2 is 2.13 bits per heavy atom. The second-order valence-corrected chi connectivity index (χ2v) is 6.17. The van der Waals surface area contributed by atoms with Gasteiger partial charge in [-0.05, 0) is 25.2 Å². The molecule has 1 N–H and O–H groups in total. The van der Waals surface area contributed by atoms with Gasteiger partial charge in [0.05, 0.1) is 0 Å². The summed E-state index contributed by atoms with van der Waals surface area (Å²) in [5.74, 6) is 0.899. The van der Waals surface area contributed by atoms with Crippen LogP contribution in [-0.2, 0) is 4.79 Å². The first-order chi connectivity index (χ1) is 7.18. The zero-order valence-corrected chi connectivity index (χ0v) is 10.0. The van der Waals surface area contributed by atoms with Crippen molar-refractivity contribution in [2.75, 3.05) is 18.8 Å². The van der Waals surface area contributed by atoms with Crippen molar-refractivity contribution < 1.29 is 9.90 Å². The third kappa shape index (κ3) is 2.88. The molecule has 2 rings (SSSR count). The molecule has 0 bridgehead atoms. The van der Waals surface area contributed by atoms with Crippen molar-refractivity contribution in [2.45, 2.75) is 37.5 Å². The molecule has 2 unspecified atom stereocenters. The molecule has 2 atom stereocenters. The van der Waals surface area contributed by atoms with Crippen molar-refractivity contribution in [1.29, 1.82) is 0 Å². The van der Waals surface area contributed by atoms with Crippen LogP contribution in [0.3, 0.4) is 0 Å². The second-order valence-electron chi connectivity index (χ2n) is 4.63. The first-order valence-electron chi connectivity index (χ1n) is 5.77. The quantitative estimate of drug-likeness (QED) is 0.799. The third-order valence-corrected chi connectivity index (χ3v) is 4.54. The molecular weight excluding hydrogens is 210 g/mol. The molecule has 1 saturated heterocycles. The molecule has 0 spiro atoms. The number of thioether (sulfide) groups is 1. The Labute approximate surface area is 95.2 Å². The number of rotatable bonds is 3. The molecule has 1 aliphatic heterocycles. The van der Waals surface area contributed by atoms with E-state index in [9.17, 15) is 9.90 Å². The number of carboxylic acid groups (broad SMARTS) is 1. The highest BCUT2D eigenvalue weighted by atomic mass is 32.2. The lowest BCUT2D eigenvalue weighted by Gasteiger charge is -2.27. The molecule has 15 heavy (non-hydrogen) atoms. The van der Waals surface area contributed by atoms with E-state index in [1.54, 1.807) is 0 Å². The average Bonchev–Trinajstić information content (AvgIpc) is 2.96. The van der Waals surface area contributed by atoms with Crippen LogP contribution in [0.25, 0.3) is 0 Å². The van der Waals surface area contributed by atoms with Crippen LogP contribution >= 0.6 is 11.8 Å². The standard InChI is InChI=1S/C11H19NO2S/c1-8-4-5-12(6-7-15-8)10(11(13)14)9-2-3-9/h8-10H,2-7H2,1H3,(H,13,14). The van der Waals surface area contributed by atoms with Crippen molar-refractivity contribution in [3.05, 3.63) is 0 Å². The minimum absolute atomic E-state index is 0.198. The number of hydrogen-bond acceptors (Lipinski definition) is 3. The van der Waals surface area contributed by atoms with Gasteiger partial charge < -0.3 is 5.11 Å². The highest BCUT2D eigenvalue weighted by molar-refractivity contribution is 7.99. The Morgan fingerprint density at radius 1 is 1.40 bits per heavy atom. The first kappa shape index (κ1) is 11.3. The predicted octanol–water partition coefficient (Wildman–Crippen LogP) is 1.68. The van der Waals surface area contributed by atoms with E-state index in [-0.39, 0.29) is 6.04 Å². The summed E-state index contributed by atoms with van der Waals surface area (Å²) in [6.07, 6.45) is 3.34. The van der Waals surface area contributed by atoms with E-state index in [2.05, 4.69) is 11.8 Å². The van der Waals surface area contributed by atoms with Crippen LogP contribution in [0.2, 0.25) is 0 Å². The Hall–Kier alpha value is -0.220. The van der Waals surface area contributed by atoms with E-state index in [0.29, 0.717) is 11.2 Å². The highest BCUT2D eigenvalue weighted by Gasteiger charge is 2.40. The summed E-state index contributed by atoms with van der Waals surface area (Å²) in [6, 6.07) is -0.198. The maximum absolute atomic E-state index is 11.2. The van der Waals surface area contributed by atoms with Gasteiger partial charge in [-0.15, -0.1) is 0 Å². The molecule has 3 nitrogen and oxygen atoms in total. The van der Waals surface area contributed by atoms with Gasteiger partial charge in [0.25, 0.3) is 0 Å². The topological polar surface area (TPSA) is 40.5 Å². The van der Waals surface area contributed by atoms with Gasteiger partial charge in [0, 0.05) is 24.1 Å². The number of nitrogens with zero attached hydrogens (tertiary/aromatic N) is 1. The monoisotopic (exact) mass is 229 g/mol. The number of carboxylic acids is 1. The van der Waals surface area contributed by atoms with Gasteiger partial charge in [-0.2, -0.15) is 11.8 Å². The highest BCUT2D eigenvalue weighted by Crippen LogP contribution is 2.36. The van der Waals surface area contributed by atoms with E-state index in [0.717, 1.165) is 38.1 Å². The summed E-state index contributed by atoms with van der Waals surface area (Å²) in [7, 11) is 0. The number of carbonyl (C=O) groups is 1. The molecule has 0 aromatic rings. The number of aliphatic carboxylic acids is 1. The molecule has 86 valence electrons. The fraction of sp³-hybridized carbons (Fsp3) is 0.909.